The van der Waals surface area contributed by atoms with E-state index in [0.717, 1.165) is 19.3 Å². The number of aromatic nitrogens is 2. The fourth-order valence-electron chi connectivity index (χ4n) is 3.77. The first-order valence-electron chi connectivity index (χ1n) is 11.7. The molecule has 2 N–H and O–H groups in total. The summed E-state index contributed by atoms with van der Waals surface area (Å²) >= 11 is 1.37. The summed E-state index contributed by atoms with van der Waals surface area (Å²) in [4.78, 5) is 39.2. The van der Waals surface area contributed by atoms with Crippen LogP contribution in [0.3, 0.4) is 0 Å². The van der Waals surface area contributed by atoms with Gasteiger partial charge in [-0.3, -0.25) is 9.59 Å². The van der Waals surface area contributed by atoms with Gasteiger partial charge in [0, 0.05) is 8.10 Å². The van der Waals surface area contributed by atoms with E-state index in [1.54, 1.807) is 20.8 Å². The van der Waals surface area contributed by atoms with Crippen molar-refractivity contribution in [3.63, 3.8) is 0 Å². The van der Waals surface area contributed by atoms with Crippen LogP contribution in [0.2, 0.25) is 0 Å². The van der Waals surface area contributed by atoms with E-state index in [-0.39, 0.29) is 25.8 Å². The molecule has 1 fully saturated rings. The molecule has 0 bridgehead atoms. The number of carbonyl (C=O) groups excluding carboxylic acids is 3. The van der Waals surface area contributed by atoms with Gasteiger partial charge in [0.2, 0.25) is 11.7 Å². The number of amides is 2. The number of ketones is 1. The average Bonchev–Trinajstić information content (AvgIpc) is 3.13. The summed E-state index contributed by atoms with van der Waals surface area (Å²) in [6.07, 6.45) is 3.31. The van der Waals surface area contributed by atoms with Gasteiger partial charge < -0.3 is 19.8 Å². The van der Waals surface area contributed by atoms with Gasteiger partial charge in [0.1, 0.15) is 11.1 Å². The van der Waals surface area contributed by atoms with Crippen LogP contribution in [0.25, 0.3) is 0 Å². The number of nitrogens with one attached hydrogen (secondary N) is 2. The molecule has 1 aliphatic rings. The summed E-state index contributed by atoms with van der Waals surface area (Å²) in [7, 11) is 0. The Morgan fingerprint density at radius 3 is 2.30 bits per heavy atom. The lowest BCUT2D eigenvalue weighted by Crippen LogP contribution is -2.62. The number of hydrogen-bond donors (Lipinski definition) is 2. The Labute approximate surface area is 203 Å². The predicted molar refractivity (Wildman–Crippen MR) is 130 cm³/mol. The van der Waals surface area contributed by atoms with Crippen molar-refractivity contribution < 1.29 is 26.4 Å². The molecule has 9 nitrogen and oxygen atoms in total. The molecule has 0 spiro atoms. The first kappa shape index (κ1) is 27.1. The fourth-order valence-corrected chi connectivity index (χ4v) is 4.39. The van der Waals surface area contributed by atoms with Gasteiger partial charge in [-0.05, 0) is 46.0 Å². The van der Waals surface area contributed by atoms with E-state index >= 15 is 0 Å². The van der Waals surface area contributed by atoms with Gasteiger partial charge in [0.15, 0.2) is 0 Å². The third kappa shape index (κ3) is 8.32. The zero-order valence-electron chi connectivity index (χ0n) is 20.8. The largest absolute Gasteiger partial charge is 0.444 e. The second kappa shape index (κ2) is 11.4. The Balaban J connectivity index is 0.00000578. The lowest BCUT2D eigenvalue weighted by atomic mass is 9.80. The van der Waals surface area contributed by atoms with E-state index in [9.17, 15) is 14.4 Å². The molecule has 10 heteroatoms. The minimum atomic E-state index is -1.12. The maximum Gasteiger partial charge on any atom is 0.408 e. The zero-order chi connectivity index (χ0) is 24.8. The summed E-state index contributed by atoms with van der Waals surface area (Å²) in [5, 5.41) is 14.1. The quantitative estimate of drug-likeness (QED) is 0.369. The number of thioether (sulfide) groups is 1. The minimum Gasteiger partial charge on any atom is -0.444 e. The molecule has 33 heavy (non-hydrogen) atoms. The molecule has 1 heterocycles. The Morgan fingerprint density at radius 2 is 1.76 bits per heavy atom. The first-order valence-corrected chi connectivity index (χ1v) is 12.6. The molecule has 2 amide bonds. The molecule has 1 aliphatic carbocycles. The number of nitrogens with zero attached hydrogens (tertiary/aromatic N) is 2. The van der Waals surface area contributed by atoms with Crippen LogP contribution in [0.4, 0.5) is 4.79 Å². The van der Waals surface area contributed by atoms with E-state index in [4.69, 9.17) is 9.15 Å². The van der Waals surface area contributed by atoms with Gasteiger partial charge in [-0.25, -0.2) is 4.79 Å². The van der Waals surface area contributed by atoms with Gasteiger partial charge in [0.05, 0.1) is 6.04 Å². The third-order valence-corrected chi connectivity index (χ3v) is 6.00. The second-order valence-electron chi connectivity index (χ2n) is 10.3. The molecule has 190 valence electrons. The van der Waals surface area contributed by atoms with Crippen LogP contribution in [0, 0.1) is 5.92 Å². The number of Topliss-reactive ketones (excluding diaryl/α,β-unsaturated/α-hetero) is 1. The van der Waals surface area contributed by atoms with E-state index in [0.29, 0.717) is 24.5 Å². The molecule has 1 saturated carbocycles. The highest BCUT2D eigenvalue weighted by atomic mass is 32.2. The van der Waals surface area contributed by atoms with Crippen molar-refractivity contribution >= 4 is 29.5 Å². The van der Waals surface area contributed by atoms with Crippen molar-refractivity contribution in [1.82, 2.24) is 20.8 Å². The summed E-state index contributed by atoms with van der Waals surface area (Å²) in [5.74, 6) is -0.804. The van der Waals surface area contributed by atoms with Crippen molar-refractivity contribution in [3.05, 3.63) is 5.89 Å². The smallest absolute Gasteiger partial charge is 0.408 e. The van der Waals surface area contributed by atoms with Gasteiger partial charge in [0.25, 0.3) is 11.1 Å². The van der Waals surface area contributed by atoms with Gasteiger partial charge in [-0.2, -0.15) is 0 Å². The molecule has 2 rings (SSSR count). The monoisotopic (exact) mass is 486 g/mol. The molecule has 0 saturated heterocycles. The van der Waals surface area contributed by atoms with E-state index in [1.807, 2.05) is 27.7 Å². The van der Waals surface area contributed by atoms with Gasteiger partial charge in [-0.1, -0.05) is 58.7 Å². The van der Waals surface area contributed by atoms with Crippen molar-refractivity contribution in [2.24, 2.45) is 5.92 Å². The topological polar surface area (TPSA) is 123 Å². The van der Waals surface area contributed by atoms with Gasteiger partial charge in [-0.15, -0.1) is 10.2 Å². The van der Waals surface area contributed by atoms with Crippen molar-refractivity contribution in [3.8, 4) is 0 Å². The average molecular weight is 487 g/mol. The number of rotatable bonds is 9. The fraction of sp³-hybridized carbons (Fsp3) is 0.783. The van der Waals surface area contributed by atoms with Crippen LogP contribution in [-0.2, 0) is 9.53 Å². The zero-order valence-corrected chi connectivity index (χ0v) is 21.6. The van der Waals surface area contributed by atoms with Gasteiger partial charge >= 0.3 is 6.09 Å². The van der Waals surface area contributed by atoms with Crippen LogP contribution >= 0.6 is 11.8 Å². The second-order valence-corrected chi connectivity index (χ2v) is 11.9. The van der Waals surface area contributed by atoms with Crippen molar-refractivity contribution in [2.75, 3.05) is 0 Å². The number of alkyl carbamates (subject to hydrolysis) is 1. The summed E-state index contributed by atoms with van der Waals surface area (Å²) in [6, 6.07) is -0.839. The molecule has 0 aliphatic heterocycles. The van der Waals surface area contributed by atoms with Crippen molar-refractivity contribution in [1.29, 1.82) is 0 Å². The molecule has 0 unspecified atom stereocenters. The molecule has 1 aromatic heterocycles. The third-order valence-electron chi connectivity index (χ3n) is 5.16. The standard InChI is InChI=1S/C23H38N4O5S.2H2/c1-14(2)13-16(17(28)18-26-27-21(31-18)33-15(3)4)24-19(29)23(11-9-8-10-12-23)25-20(30)32-22(5,6)7;;/h14-16H,8-13H2,1-7H3,(H,24,29)(H,25,30);2*1H/t16-;;/m0../s1. The predicted octanol–water partition coefficient (Wildman–Crippen LogP) is 5.00. The first-order chi connectivity index (χ1) is 15.3. The number of carbonyl (C=O) groups is 3. The minimum absolute atomic E-state index is 0. The molecular formula is C23H42N4O5S. The normalized spacial score (nSPS) is 17.0. The summed E-state index contributed by atoms with van der Waals surface area (Å²) < 4.78 is 10.9. The molecule has 0 aromatic carbocycles. The maximum atomic E-state index is 13.5. The molecule has 1 atom stereocenters. The Kier molecular flexibility index (Phi) is 9.34. The van der Waals surface area contributed by atoms with Crippen molar-refractivity contribution in [2.45, 2.75) is 115 Å². The maximum absolute atomic E-state index is 13.5. The Hall–Kier alpha value is -2.10. The SMILES string of the molecule is CC(C)C[C@H](NC(=O)C1(NC(=O)OC(C)(C)C)CCCCC1)C(=O)c1nnc(SC(C)C)o1.[HH].[HH]. The highest BCUT2D eigenvalue weighted by molar-refractivity contribution is 7.99. The Bertz CT molecular complexity index is 836. The van der Waals surface area contributed by atoms with Crippen LogP contribution in [0.15, 0.2) is 9.64 Å². The molecule has 0 radical (unpaired) electrons. The number of hydrogen-bond acceptors (Lipinski definition) is 8. The number of ether oxygens (including phenoxy) is 1. The highest BCUT2D eigenvalue weighted by Crippen LogP contribution is 2.30. The van der Waals surface area contributed by atoms with Crippen LogP contribution < -0.4 is 10.6 Å². The lowest BCUT2D eigenvalue weighted by molar-refractivity contribution is -0.129. The van der Waals surface area contributed by atoms with Crippen LogP contribution in [0.5, 0.6) is 0 Å². The van der Waals surface area contributed by atoms with Crippen LogP contribution in [0.1, 0.15) is 101 Å². The van der Waals surface area contributed by atoms with E-state index in [2.05, 4.69) is 20.8 Å². The summed E-state index contributed by atoms with van der Waals surface area (Å²) in [6.45, 7) is 13.2. The van der Waals surface area contributed by atoms with E-state index < -0.39 is 29.1 Å². The lowest BCUT2D eigenvalue weighted by Gasteiger charge is -2.38. The highest BCUT2D eigenvalue weighted by Gasteiger charge is 2.43. The summed E-state index contributed by atoms with van der Waals surface area (Å²) in [5.41, 5.74) is -1.81. The molecular weight excluding hydrogens is 444 g/mol. The van der Waals surface area contributed by atoms with Crippen LogP contribution in [-0.4, -0.2) is 50.4 Å². The van der Waals surface area contributed by atoms with E-state index in [1.165, 1.54) is 11.8 Å². The molecule has 1 aromatic rings. The Morgan fingerprint density at radius 1 is 1.12 bits per heavy atom.